The second-order valence-corrected chi connectivity index (χ2v) is 4.87. The Morgan fingerprint density at radius 3 is 2.10 bits per heavy atom. The molecule has 0 unspecified atom stereocenters. The third-order valence-corrected chi connectivity index (χ3v) is 3.04. The summed E-state index contributed by atoms with van der Waals surface area (Å²) in [4.78, 5) is 38.0. The molecule has 104 valence electrons. The predicted octanol–water partition coefficient (Wildman–Crippen LogP) is 1.25. The number of rotatable bonds is 5. The van der Waals surface area contributed by atoms with Gasteiger partial charge in [0.05, 0.1) is 5.69 Å². The summed E-state index contributed by atoms with van der Waals surface area (Å²) in [6.45, 7) is 0.688. The average molecular weight is 272 g/mol. The Morgan fingerprint density at radius 1 is 1.05 bits per heavy atom. The Morgan fingerprint density at radius 2 is 1.60 bits per heavy atom. The van der Waals surface area contributed by atoms with Crippen molar-refractivity contribution in [2.45, 2.75) is 6.42 Å². The molecule has 0 bridgehead atoms. The minimum Gasteiger partial charge on any atom is -0.309 e. The maximum Gasteiger partial charge on any atom is 0.258 e. The first-order chi connectivity index (χ1) is 9.49. The van der Waals surface area contributed by atoms with Crippen molar-refractivity contribution in [3.63, 3.8) is 0 Å². The van der Waals surface area contributed by atoms with Crippen molar-refractivity contribution in [3.05, 3.63) is 42.0 Å². The highest BCUT2D eigenvalue weighted by molar-refractivity contribution is 6.28. The van der Waals surface area contributed by atoms with E-state index in [9.17, 15) is 14.4 Å². The van der Waals surface area contributed by atoms with Gasteiger partial charge >= 0.3 is 0 Å². The zero-order chi connectivity index (χ0) is 14.7. The van der Waals surface area contributed by atoms with E-state index < -0.39 is 0 Å². The Bertz CT molecular complexity index is 555. The Hall–Kier alpha value is -2.27. The zero-order valence-corrected chi connectivity index (χ0v) is 11.5. The van der Waals surface area contributed by atoms with Gasteiger partial charge in [0.25, 0.3) is 11.8 Å². The third-order valence-electron chi connectivity index (χ3n) is 3.04. The number of Topliss-reactive ketones (excluding diaryl/α,β-unsaturated/α-hetero) is 1. The molecule has 5 heteroatoms. The van der Waals surface area contributed by atoms with Crippen molar-refractivity contribution < 1.29 is 14.4 Å². The van der Waals surface area contributed by atoms with Crippen molar-refractivity contribution in [1.29, 1.82) is 0 Å². The fourth-order valence-electron chi connectivity index (χ4n) is 1.92. The van der Waals surface area contributed by atoms with Gasteiger partial charge in [-0.3, -0.25) is 14.4 Å². The van der Waals surface area contributed by atoms with Crippen LogP contribution in [0.25, 0.3) is 0 Å². The maximum atomic E-state index is 11.9. The molecule has 0 radical (unpaired) electrons. The SMILES string of the molecule is CN(C)CCC(=O)c1ccc(N2C(=O)C=CC2=O)cc1. The molecule has 1 aliphatic rings. The van der Waals surface area contributed by atoms with E-state index in [4.69, 9.17) is 0 Å². The van der Waals surface area contributed by atoms with Crippen LogP contribution in [0.2, 0.25) is 0 Å². The van der Waals surface area contributed by atoms with E-state index in [1.165, 1.54) is 12.2 Å². The normalized spacial score (nSPS) is 14.4. The molecule has 0 atom stereocenters. The molecule has 0 saturated heterocycles. The third kappa shape index (κ3) is 3.00. The molecule has 0 spiro atoms. The van der Waals surface area contributed by atoms with Crippen LogP contribution in [-0.2, 0) is 9.59 Å². The quantitative estimate of drug-likeness (QED) is 0.598. The lowest BCUT2D eigenvalue weighted by Gasteiger charge is -2.14. The average Bonchev–Trinajstić information content (AvgIpc) is 2.76. The van der Waals surface area contributed by atoms with E-state index in [1.54, 1.807) is 24.3 Å². The molecule has 1 aliphatic heterocycles. The first kappa shape index (κ1) is 14.1. The number of carbonyl (C=O) groups is 3. The standard InChI is InChI=1S/C15H16N2O3/c1-16(2)10-9-13(18)11-3-5-12(6-4-11)17-14(19)7-8-15(17)20/h3-8H,9-10H2,1-2H3. The van der Waals surface area contributed by atoms with Crippen LogP contribution in [0, 0.1) is 0 Å². The number of amides is 2. The molecule has 1 heterocycles. The number of hydrogen-bond donors (Lipinski definition) is 0. The number of hydrogen-bond acceptors (Lipinski definition) is 4. The highest BCUT2D eigenvalue weighted by Gasteiger charge is 2.24. The molecule has 0 N–H and O–H groups in total. The van der Waals surface area contributed by atoms with E-state index in [-0.39, 0.29) is 17.6 Å². The molecule has 0 saturated carbocycles. The van der Waals surface area contributed by atoms with Gasteiger partial charge in [-0.05, 0) is 38.4 Å². The molecule has 2 amide bonds. The number of carbonyl (C=O) groups excluding carboxylic acids is 3. The van der Waals surface area contributed by atoms with Crippen LogP contribution in [0.15, 0.2) is 36.4 Å². The summed E-state index contributed by atoms with van der Waals surface area (Å²) in [5.41, 5.74) is 1.07. The van der Waals surface area contributed by atoms with Crippen LogP contribution < -0.4 is 4.90 Å². The fraction of sp³-hybridized carbons (Fsp3) is 0.267. The summed E-state index contributed by atoms with van der Waals surface area (Å²) in [7, 11) is 3.82. The number of ketones is 1. The molecule has 1 aromatic rings. The minimum absolute atomic E-state index is 0.0439. The van der Waals surface area contributed by atoms with Crippen LogP contribution in [0.3, 0.4) is 0 Å². The summed E-state index contributed by atoms with van der Waals surface area (Å²) in [6, 6.07) is 6.52. The first-order valence-electron chi connectivity index (χ1n) is 6.33. The number of imide groups is 1. The second-order valence-electron chi connectivity index (χ2n) is 4.87. The Kier molecular flexibility index (Phi) is 4.10. The van der Waals surface area contributed by atoms with E-state index in [0.717, 1.165) is 4.90 Å². The van der Waals surface area contributed by atoms with Gasteiger partial charge in [0, 0.05) is 30.7 Å². The maximum absolute atomic E-state index is 11.9. The smallest absolute Gasteiger partial charge is 0.258 e. The molecule has 0 fully saturated rings. The summed E-state index contributed by atoms with van der Waals surface area (Å²) in [6.07, 6.45) is 2.91. The van der Waals surface area contributed by atoms with Gasteiger partial charge in [-0.25, -0.2) is 4.90 Å². The highest BCUT2D eigenvalue weighted by atomic mass is 16.2. The summed E-state index contributed by atoms with van der Waals surface area (Å²) < 4.78 is 0. The lowest BCUT2D eigenvalue weighted by Crippen LogP contribution is -2.29. The van der Waals surface area contributed by atoms with E-state index in [1.807, 2.05) is 19.0 Å². The van der Waals surface area contributed by atoms with Gasteiger partial charge in [0.2, 0.25) is 0 Å². The van der Waals surface area contributed by atoms with Gasteiger partial charge in [-0.15, -0.1) is 0 Å². The van der Waals surface area contributed by atoms with Crippen LogP contribution in [0.1, 0.15) is 16.8 Å². The summed E-state index contributed by atoms with van der Waals surface area (Å²) in [5.74, 6) is -0.675. The lowest BCUT2D eigenvalue weighted by molar-refractivity contribution is -0.119. The van der Waals surface area contributed by atoms with Crippen LogP contribution in [0.5, 0.6) is 0 Å². The molecule has 2 rings (SSSR count). The minimum atomic E-state index is -0.360. The first-order valence-corrected chi connectivity index (χ1v) is 6.33. The van der Waals surface area contributed by atoms with Crippen molar-refractivity contribution in [3.8, 4) is 0 Å². The number of benzene rings is 1. The van der Waals surface area contributed by atoms with Gasteiger partial charge in [-0.1, -0.05) is 0 Å². The van der Waals surface area contributed by atoms with Crippen LogP contribution >= 0.6 is 0 Å². The van der Waals surface area contributed by atoms with Gasteiger partial charge < -0.3 is 4.90 Å². The zero-order valence-electron chi connectivity index (χ0n) is 11.5. The molecular weight excluding hydrogens is 256 g/mol. The van der Waals surface area contributed by atoms with Crippen molar-refractivity contribution >= 4 is 23.3 Å². The van der Waals surface area contributed by atoms with E-state index >= 15 is 0 Å². The van der Waals surface area contributed by atoms with Gasteiger partial charge in [-0.2, -0.15) is 0 Å². The van der Waals surface area contributed by atoms with Crippen molar-refractivity contribution in [2.24, 2.45) is 0 Å². The topological polar surface area (TPSA) is 57.7 Å². The molecule has 1 aromatic carbocycles. The fourth-order valence-corrected chi connectivity index (χ4v) is 1.92. The molecular formula is C15H16N2O3. The van der Waals surface area contributed by atoms with E-state index in [0.29, 0.717) is 24.2 Å². The van der Waals surface area contributed by atoms with Crippen molar-refractivity contribution in [2.75, 3.05) is 25.5 Å². The largest absolute Gasteiger partial charge is 0.309 e. The molecule has 0 aromatic heterocycles. The Labute approximate surface area is 117 Å². The number of anilines is 1. The Balaban J connectivity index is 2.09. The lowest BCUT2D eigenvalue weighted by atomic mass is 10.1. The predicted molar refractivity (Wildman–Crippen MR) is 75.6 cm³/mol. The second kappa shape index (κ2) is 5.79. The highest BCUT2D eigenvalue weighted by Crippen LogP contribution is 2.20. The summed E-state index contributed by atoms with van der Waals surface area (Å²) >= 11 is 0. The molecule has 5 nitrogen and oxygen atoms in total. The van der Waals surface area contributed by atoms with E-state index in [2.05, 4.69) is 0 Å². The van der Waals surface area contributed by atoms with Gasteiger partial charge in [0.1, 0.15) is 0 Å². The molecule has 20 heavy (non-hydrogen) atoms. The molecule has 0 aliphatic carbocycles. The van der Waals surface area contributed by atoms with Crippen LogP contribution in [-0.4, -0.2) is 43.1 Å². The monoisotopic (exact) mass is 272 g/mol. The summed E-state index contributed by atoms with van der Waals surface area (Å²) in [5, 5.41) is 0. The van der Waals surface area contributed by atoms with Crippen LogP contribution in [0.4, 0.5) is 5.69 Å². The number of nitrogens with zero attached hydrogens (tertiary/aromatic N) is 2. The van der Waals surface area contributed by atoms with Gasteiger partial charge in [0.15, 0.2) is 5.78 Å². The van der Waals surface area contributed by atoms with Crippen molar-refractivity contribution in [1.82, 2.24) is 4.90 Å².